The summed E-state index contributed by atoms with van der Waals surface area (Å²) in [7, 11) is 0. The van der Waals surface area contributed by atoms with Crippen LogP contribution >= 0.6 is 0 Å². The van der Waals surface area contributed by atoms with Gasteiger partial charge in [-0.3, -0.25) is 4.39 Å². The van der Waals surface area contributed by atoms with Crippen molar-refractivity contribution in [2.24, 2.45) is 0 Å². The van der Waals surface area contributed by atoms with Crippen LogP contribution in [0.2, 0.25) is 0 Å². The molecule has 0 aliphatic carbocycles. The molecule has 0 spiro atoms. The van der Waals surface area contributed by atoms with Gasteiger partial charge in [-0.2, -0.15) is 0 Å². The van der Waals surface area contributed by atoms with E-state index in [4.69, 9.17) is 0 Å². The van der Waals surface area contributed by atoms with Gasteiger partial charge in [-0.15, -0.1) is 17.6 Å². The van der Waals surface area contributed by atoms with Crippen molar-refractivity contribution in [3.63, 3.8) is 0 Å². The maximum atomic E-state index is 10.3. The smallest absolute Gasteiger partial charge is 0.251 e. The lowest BCUT2D eigenvalue weighted by Gasteiger charge is -1.82. The number of alkyl halides is 5. The fraction of sp³-hybridized carbons (Fsp3) is 1.00. The molecule has 0 nitrogen and oxygen atoms in total. The standard InChI is InChI=1S/C2H5F.CF4/c1-2-3;2-1(3,4)5/h2H2,1H3;. The summed E-state index contributed by atoms with van der Waals surface area (Å²) in [6.45, 7) is 1.21. The van der Waals surface area contributed by atoms with Crippen LogP contribution < -0.4 is 0 Å². The molecule has 0 radical (unpaired) electrons. The summed E-state index contributed by atoms with van der Waals surface area (Å²) in [4.78, 5) is 0. The number of halogens is 5. The minimum Gasteiger partial charge on any atom is -0.251 e. The fourth-order valence-electron chi connectivity index (χ4n) is 0. The highest BCUT2D eigenvalue weighted by molar-refractivity contribution is 4.08. The Hall–Kier alpha value is -0.350. The van der Waals surface area contributed by atoms with E-state index in [1.807, 2.05) is 0 Å². The van der Waals surface area contributed by atoms with E-state index in [0.29, 0.717) is 0 Å². The molecular weight excluding hydrogens is 131 g/mol. The Balaban J connectivity index is 0. The molecule has 0 aliphatic heterocycles. The van der Waals surface area contributed by atoms with Crippen molar-refractivity contribution in [1.82, 2.24) is 0 Å². The molecule has 0 aromatic heterocycles. The first-order valence-corrected chi connectivity index (χ1v) is 1.73. The van der Waals surface area contributed by atoms with Crippen molar-refractivity contribution in [3.8, 4) is 0 Å². The third-order valence-corrected chi connectivity index (χ3v) is 0. The zero-order valence-electron chi connectivity index (χ0n) is 4.10. The van der Waals surface area contributed by atoms with Crippen molar-refractivity contribution in [2.75, 3.05) is 6.67 Å². The minimum atomic E-state index is -5.50. The van der Waals surface area contributed by atoms with Crippen LogP contribution in [-0.4, -0.2) is 13.1 Å². The average Bonchev–Trinajstić information content (AvgIpc) is 1.27. The van der Waals surface area contributed by atoms with Gasteiger partial charge in [0, 0.05) is 0 Å². The van der Waals surface area contributed by atoms with Gasteiger partial charge < -0.3 is 0 Å². The molecule has 0 heterocycles. The molecule has 0 rings (SSSR count). The molecule has 0 bridgehead atoms. The SMILES string of the molecule is CCF.FC(F)(F)F. The van der Waals surface area contributed by atoms with Crippen LogP contribution in [0.4, 0.5) is 22.0 Å². The topological polar surface area (TPSA) is 0 Å². The molecule has 0 saturated heterocycles. The van der Waals surface area contributed by atoms with Gasteiger partial charge in [0.25, 0.3) is 0 Å². The van der Waals surface area contributed by atoms with Crippen LogP contribution in [0.25, 0.3) is 0 Å². The maximum absolute atomic E-state index is 10.3. The van der Waals surface area contributed by atoms with Crippen LogP contribution in [0.5, 0.6) is 0 Å². The monoisotopic (exact) mass is 136 g/mol. The number of rotatable bonds is 0. The maximum Gasteiger partial charge on any atom is 0.559 e. The quantitative estimate of drug-likeness (QED) is 0.448. The molecule has 0 fully saturated rings. The van der Waals surface area contributed by atoms with Gasteiger partial charge >= 0.3 is 6.43 Å². The Morgan fingerprint density at radius 3 is 1.12 bits per heavy atom. The summed E-state index contributed by atoms with van der Waals surface area (Å²) >= 11 is 0. The molecule has 0 aliphatic rings. The third kappa shape index (κ3) is 997. The van der Waals surface area contributed by atoms with Crippen LogP contribution in [0.15, 0.2) is 0 Å². The van der Waals surface area contributed by atoms with E-state index in [9.17, 15) is 22.0 Å². The summed E-state index contributed by atoms with van der Waals surface area (Å²) in [5.74, 6) is 0. The number of hydrogen-bond acceptors (Lipinski definition) is 0. The molecular formula is C3H5F5. The van der Waals surface area contributed by atoms with E-state index < -0.39 is 6.43 Å². The zero-order chi connectivity index (χ0) is 7.21. The van der Waals surface area contributed by atoms with E-state index >= 15 is 0 Å². The molecule has 0 amide bonds. The van der Waals surface area contributed by atoms with Gasteiger partial charge in [0.15, 0.2) is 0 Å². The molecule has 0 N–H and O–H groups in total. The first kappa shape index (κ1) is 10.6. The van der Waals surface area contributed by atoms with E-state index in [1.165, 1.54) is 6.92 Å². The van der Waals surface area contributed by atoms with Crippen LogP contribution in [0, 0.1) is 0 Å². The predicted molar refractivity (Wildman–Crippen MR) is 18.8 cm³/mol. The first-order valence-electron chi connectivity index (χ1n) is 1.73. The van der Waals surface area contributed by atoms with Gasteiger partial charge in [0.2, 0.25) is 0 Å². The molecule has 0 saturated carbocycles. The molecule has 0 aromatic carbocycles. The molecule has 0 aromatic rings. The van der Waals surface area contributed by atoms with Crippen molar-refractivity contribution in [1.29, 1.82) is 0 Å². The van der Waals surface area contributed by atoms with Crippen LogP contribution in [0.3, 0.4) is 0 Å². The summed E-state index contributed by atoms with van der Waals surface area (Å²) in [6.07, 6.45) is -5.50. The van der Waals surface area contributed by atoms with Crippen molar-refractivity contribution in [3.05, 3.63) is 0 Å². The predicted octanol–water partition coefficient (Wildman–Crippen LogP) is 2.45. The number of hydrogen-bond donors (Lipinski definition) is 0. The fourth-order valence-corrected chi connectivity index (χ4v) is 0. The minimum absolute atomic E-state index is 0.250. The average molecular weight is 136 g/mol. The Bertz CT molecular complexity index is 31.4. The normalized spacial score (nSPS) is 9.75. The highest BCUT2D eigenvalue weighted by atomic mass is 19.5. The largest absolute Gasteiger partial charge is 0.559 e. The van der Waals surface area contributed by atoms with Crippen molar-refractivity contribution < 1.29 is 22.0 Å². The summed E-state index contributed by atoms with van der Waals surface area (Å²) in [5.41, 5.74) is 0. The van der Waals surface area contributed by atoms with Gasteiger partial charge in [-0.05, 0) is 6.92 Å². The van der Waals surface area contributed by atoms with Gasteiger partial charge in [-0.1, -0.05) is 0 Å². The summed E-state index contributed by atoms with van der Waals surface area (Å²) in [6, 6.07) is 0. The summed E-state index contributed by atoms with van der Waals surface area (Å²) < 4.78 is 49.0. The second-order valence-corrected chi connectivity index (χ2v) is 0.696. The van der Waals surface area contributed by atoms with E-state index in [1.54, 1.807) is 0 Å². The molecule has 5 heteroatoms. The third-order valence-electron chi connectivity index (χ3n) is 0. The summed E-state index contributed by atoms with van der Waals surface area (Å²) in [5, 5.41) is 0. The van der Waals surface area contributed by atoms with Crippen molar-refractivity contribution >= 4 is 0 Å². The lowest BCUT2D eigenvalue weighted by molar-refractivity contribution is -0.237. The lowest BCUT2D eigenvalue weighted by Crippen LogP contribution is -1.92. The van der Waals surface area contributed by atoms with E-state index in [-0.39, 0.29) is 6.67 Å². The zero-order valence-corrected chi connectivity index (χ0v) is 4.10. The van der Waals surface area contributed by atoms with Crippen molar-refractivity contribution in [2.45, 2.75) is 13.4 Å². The lowest BCUT2D eigenvalue weighted by atomic mass is 10.9. The van der Waals surface area contributed by atoms with E-state index in [2.05, 4.69) is 0 Å². The Labute approximate surface area is 43.3 Å². The molecule has 52 valence electrons. The van der Waals surface area contributed by atoms with Crippen LogP contribution in [-0.2, 0) is 0 Å². The molecule has 0 unspecified atom stereocenters. The Morgan fingerprint density at radius 1 is 1.12 bits per heavy atom. The second-order valence-electron chi connectivity index (χ2n) is 0.696. The highest BCUT2D eigenvalue weighted by Gasteiger charge is 2.24. The van der Waals surface area contributed by atoms with Crippen LogP contribution in [0.1, 0.15) is 6.92 Å². The van der Waals surface area contributed by atoms with E-state index in [0.717, 1.165) is 0 Å². The first-order chi connectivity index (χ1) is 3.41. The van der Waals surface area contributed by atoms with Gasteiger partial charge in [0.1, 0.15) is 0 Å². The Morgan fingerprint density at radius 2 is 1.12 bits per heavy atom. The second kappa shape index (κ2) is 4.80. The van der Waals surface area contributed by atoms with Gasteiger partial charge in [-0.25, -0.2) is 0 Å². The highest BCUT2D eigenvalue weighted by Crippen LogP contribution is 2.13. The molecule has 8 heavy (non-hydrogen) atoms. The molecule has 0 atom stereocenters. The van der Waals surface area contributed by atoms with Gasteiger partial charge in [0.05, 0.1) is 6.67 Å². The Kier molecular flexibility index (Phi) is 6.36.